The van der Waals surface area contributed by atoms with Crippen molar-refractivity contribution >= 4 is 17.6 Å². The number of anilines is 1. The predicted molar refractivity (Wildman–Crippen MR) is 70.1 cm³/mol. The van der Waals surface area contributed by atoms with Crippen molar-refractivity contribution in [3.8, 4) is 0 Å². The van der Waals surface area contributed by atoms with Crippen LogP contribution in [0.5, 0.6) is 0 Å². The molecule has 6 heteroatoms. The van der Waals surface area contributed by atoms with Gasteiger partial charge in [0, 0.05) is 12.5 Å². The lowest BCUT2D eigenvalue weighted by molar-refractivity contribution is -0.124. The molecule has 2 rings (SSSR count). The number of hydrogen-bond donors (Lipinski definition) is 2. The summed E-state index contributed by atoms with van der Waals surface area (Å²) >= 11 is 0. The van der Waals surface area contributed by atoms with Crippen molar-refractivity contribution in [3.63, 3.8) is 0 Å². The van der Waals surface area contributed by atoms with Crippen LogP contribution in [-0.2, 0) is 9.53 Å². The van der Waals surface area contributed by atoms with Gasteiger partial charge in [-0.25, -0.2) is 9.18 Å². The van der Waals surface area contributed by atoms with Gasteiger partial charge in [0.05, 0.1) is 17.4 Å². The summed E-state index contributed by atoms with van der Waals surface area (Å²) in [5.41, 5.74) is -0.170. The Labute approximate surface area is 115 Å². The lowest BCUT2D eigenvalue weighted by Gasteiger charge is -2.26. The quantitative estimate of drug-likeness (QED) is 0.891. The molecular weight excluding hydrogens is 265 g/mol. The van der Waals surface area contributed by atoms with E-state index in [1.807, 2.05) is 6.92 Å². The van der Waals surface area contributed by atoms with E-state index >= 15 is 0 Å². The highest BCUT2D eigenvalue weighted by atomic mass is 19.1. The number of nitrogens with one attached hydrogen (secondary N) is 1. The van der Waals surface area contributed by atoms with Crippen LogP contribution in [0.25, 0.3) is 0 Å². The fraction of sp³-hybridized carbons (Fsp3) is 0.429. The van der Waals surface area contributed by atoms with E-state index in [1.165, 1.54) is 0 Å². The summed E-state index contributed by atoms with van der Waals surface area (Å²) in [6.07, 6.45) is 1.15. The van der Waals surface area contributed by atoms with Crippen LogP contribution in [0, 0.1) is 11.7 Å². The molecule has 1 aromatic carbocycles. The Balaban J connectivity index is 2.10. The van der Waals surface area contributed by atoms with Gasteiger partial charge >= 0.3 is 5.97 Å². The van der Waals surface area contributed by atoms with Crippen molar-refractivity contribution in [1.82, 2.24) is 0 Å². The number of hydrogen-bond acceptors (Lipinski definition) is 3. The summed E-state index contributed by atoms with van der Waals surface area (Å²) in [7, 11) is 0. The first kappa shape index (κ1) is 14.5. The molecule has 0 radical (unpaired) electrons. The van der Waals surface area contributed by atoms with E-state index in [9.17, 15) is 14.0 Å². The van der Waals surface area contributed by atoms with Gasteiger partial charge in [0.1, 0.15) is 5.82 Å². The molecule has 0 aromatic heterocycles. The maximum Gasteiger partial charge on any atom is 0.335 e. The number of benzene rings is 1. The third-order valence-electron chi connectivity index (χ3n) is 3.33. The van der Waals surface area contributed by atoms with E-state index in [0.717, 1.165) is 18.2 Å². The zero-order valence-electron chi connectivity index (χ0n) is 11.1. The lowest BCUT2D eigenvalue weighted by atomic mass is 9.95. The zero-order valence-corrected chi connectivity index (χ0v) is 11.1. The predicted octanol–water partition coefficient (Wildman–Crippen LogP) is 2.28. The molecule has 0 unspecified atom stereocenters. The summed E-state index contributed by atoms with van der Waals surface area (Å²) in [5, 5.41) is 11.3. The Bertz CT molecular complexity index is 532. The standard InChI is InChI=1S/C14H16FNO4/c1-8-6-9(4-5-20-8)13(17)16-12-7-10(14(18)19)2-3-11(12)15/h2-3,7-9H,4-6H2,1H3,(H,16,17)(H,18,19)/t8-,9-/m0/s1. The van der Waals surface area contributed by atoms with Crippen molar-refractivity contribution in [3.05, 3.63) is 29.6 Å². The number of aromatic carboxylic acids is 1. The molecule has 5 nitrogen and oxygen atoms in total. The van der Waals surface area contributed by atoms with Gasteiger partial charge in [-0.15, -0.1) is 0 Å². The number of carbonyl (C=O) groups excluding carboxylic acids is 1. The van der Waals surface area contributed by atoms with Crippen LogP contribution < -0.4 is 5.32 Å². The molecule has 1 saturated heterocycles. The molecular formula is C14H16FNO4. The van der Waals surface area contributed by atoms with Gasteiger partial charge in [-0.1, -0.05) is 0 Å². The highest BCUT2D eigenvalue weighted by Crippen LogP contribution is 2.23. The summed E-state index contributed by atoms with van der Waals surface area (Å²) in [4.78, 5) is 22.9. The smallest absolute Gasteiger partial charge is 0.335 e. The monoisotopic (exact) mass is 281 g/mol. The van der Waals surface area contributed by atoms with E-state index in [2.05, 4.69) is 5.32 Å². The van der Waals surface area contributed by atoms with Crippen molar-refractivity contribution in [1.29, 1.82) is 0 Å². The van der Waals surface area contributed by atoms with E-state index < -0.39 is 11.8 Å². The molecule has 20 heavy (non-hydrogen) atoms. The molecule has 2 N–H and O–H groups in total. The largest absolute Gasteiger partial charge is 0.478 e. The number of halogens is 1. The number of carboxylic acids is 1. The molecule has 0 aliphatic carbocycles. The second kappa shape index (κ2) is 6.00. The Morgan fingerprint density at radius 1 is 1.45 bits per heavy atom. The number of rotatable bonds is 3. The number of carbonyl (C=O) groups is 2. The Hall–Kier alpha value is -1.95. The third kappa shape index (κ3) is 3.33. The Morgan fingerprint density at radius 3 is 2.85 bits per heavy atom. The molecule has 1 amide bonds. The van der Waals surface area contributed by atoms with E-state index in [4.69, 9.17) is 9.84 Å². The molecule has 1 aliphatic heterocycles. The minimum atomic E-state index is -1.17. The highest BCUT2D eigenvalue weighted by molar-refractivity contribution is 5.95. The summed E-state index contributed by atoms with van der Waals surface area (Å²) < 4.78 is 19.0. The number of amides is 1. The molecule has 1 fully saturated rings. The van der Waals surface area contributed by atoms with Crippen LogP contribution in [0.15, 0.2) is 18.2 Å². The molecule has 108 valence electrons. The second-order valence-corrected chi connectivity index (χ2v) is 4.89. The molecule has 1 heterocycles. The fourth-order valence-electron chi connectivity index (χ4n) is 2.23. The first-order chi connectivity index (χ1) is 9.47. The zero-order chi connectivity index (χ0) is 14.7. The van der Waals surface area contributed by atoms with Crippen LogP contribution in [0.4, 0.5) is 10.1 Å². The maximum atomic E-state index is 13.6. The van der Waals surface area contributed by atoms with Gasteiger partial charge in [0.15, 0.2) is 0 Å². The average Bonchev–Trinajstić information content (AvgIpc) is 2.41. The van der Waals surface area contributed by atoms with Crippen molar-refractivity contribution in [2.45, 2.75) is 25.9 Å². The number of ether oxygens (including phenoxy) is 1. The second-order valence-electron chi connectivity index (χ2n) is 4.89. The van der Waals surface area contributed by atoms with Crippen LogP contribution in [0.1, 0.15) is 30.1 Å². The average molecular weight is 281 g/mol. The maximum absolute atomic E-state index is 13.6. The molecule has 1 aliphatic rings. The third-order valence-corrected chi connectivity index (χ3v) is 3.33. The SMILES string of the molecule is C[C@H]1C[C@@H](C(=O)Nc2cc(C(=O)O)ccc2F)CCO1. The molecule has 0 saturated carbocycles. The Morgan fingerprint density at radius 2 is 2.20 bits per heavy atom. The highest BCUT2D eigenvalue weighted by Gasteiger charge is 2.26. The van der Waals surface area contributed by atoms with Crippen LogP contribution in [0.2, 0.25) is 0 Å². The van der Waals surface area contributed by atoms with Crippen LogP contribution >= 0.6 is 0 Å². The summed E-state index contributed by atoms with van der Waals surface area (Å²) in [6, 6.07) is 3.31. The van der Waals surface area contributed by atoms with Gasteiger partial charge in [-0.05, 0) is 38.0 Å². The van der Waals surface area contributed by atoms with Crippen LogP contribution in [-0.4, -0.2) is 29.7 Å². The van der Waals surface area contributed by atoms with E-state index in [0.29, 0.717) is 19.4 Å². The first-order valence-electron chi connectivity index (χ1n) is 6.42. The van der Waals surface area contributed by atoms with E-state index in [1.54, 1.807) is 0 Å². The normalized spacial score (nSPS) is 22.3. The van der Waals surface area contributed by atoms with Gasteiger partial charge in [-0.2, -0.15) is 0 Å². The fourth-order valence-corrected chi connectivity index (χ4v) is 2.23. The van der Waals surface area contributed by atoms with Crippen molar-refractivity contribution in [2.24, 2.45) is 5.92 Å². The van der Waals surface area contributed by atoms with Gasteiger partial charge < -0.3 is 15.2 Å². The van der Waals surface area contributed by atoms with Crippen molar-refractivity contribution < 1.29 is 23.8 Å². The molecule has 2 atom stereocenters. The van der Waals surface area contributed by atoms with Gasteiger partial charge in [0.2, 0.25) is 5.91 Å². The molecule has 0 spiro atoms. The molecule has 0 bridgehead atoms. The van der Waals surface area contributed by atoms with E-state index in [-0.39, 0.29) is 29.2 Å². The minimum Gasteiger partial charge on any atom is -0.478 e. The van der Waals surface area contributed by atoms with Crippen LogP contribution in [0.3, 0.4) is 0 Å². The topological polar surface area (TPSA) is 75.6 Å². The molecule has 1 aromatic rings. The van der Waals surface area contributed by atoms with Gasteiger partial charge in [-0.3, -0.25) is 4.79 Å². The minimum absolute atomic E-state index is 0.00491. The first-order valence-corrected chi connectivity index (χ1v) is 6.42. The summed E-state index contributed by atoms with van der Waals surface area (Å²) in [5.74, 6) is -2.36. The van der Waals surface area contributed by atoms with Gasteiger partial charge in [0.25, 0.3) is 0 Å². The Kier molecular flexibility index (Phi) is 4.34. The number of carboxylic acid groups (broad SMARTS) is 1. The summed E-state index contributed by atoms with van der Waals surface area (Å²) in [6.45, 7) is 2.38. The lowest BCUT2D eigenvalue weighted by Crippen LogP contribution is -2.32. The van der Waals surface area contributed by atoms with Crippen molar-refractivity contribution in [2.75, 3.05) is 11.9 Å².